The van der Waals surface area contributed by atoms with E-state index in [0.717, 1.165) is 23.5 Å². The highest BCUT2D eigenvalue weighted by Gasteiger charge is 2.26. The second-order valence-corrected chi connectivity index (χ2v) is 7.06. The zero-order chi connectivity index (χ0) is 17.5. The van der Waals surface area contributed by atoms with Crippen molar-refractivity contribution in [1.29, 1.82) is 0 Å². The van der Waals surface area contributed by atoms with Gasteiger partial charge in [0.2, 0.25) is 0 Å². The second-order valence-electron chi connectivity index (χ2n) is 6.03. The number of thiazole rings is 1. The van der Waals surface area contributed by atoms with E-state index in [1.165, 1.54) is 24.2 Å². The number of ether oxygens (including phenoxy) is 1. The van der Waals surface area contributed by atoms with E-state index in [1.807, 2.05) is 26.0 Å². The molecule has 0 aliphatic heterocycles. The largest absolute Gasteiger partial charge is 0.464 e. The molecule has 1 N–H and O–H groups in total. The van der Waals surface area contributed by atoms with E-state index in [1.54, 1.807) is 6.92 Å². The van der Waals surface area contributed by atoms with E-state index in [9.17, 15) is 9.59 Å². The Morgan fingerprint density at radius 3 is 2.75 bits per heavy atom. The van der Waals surface area contributed by atoms with Crippen molar-refractivity contribution in [1.82, 2.24) is 10.3 Å². The predicted octanol–water partition coefficient (Wildman–Crippen LogP) is 3.74. The van der Waals surface area contributed by atoms with Crippen LogP contribution in [0, 0.1) is 6.92 Å². The maximum atomic E-state index is 12.6. The fraction of sp³-hybridized carbons (Fsp3) is 0.611. The smallest absolute Gasteiger partial charge is 0.328 e. The first kappa shape index (κ1) is 18.6. The van der Waals surface area contributed by atoms with Crippen molar-refractivity contribution in [2.24, 2.45) is 0 Å². The lowest BCUT2D eigenvalue weighted by Crippen LogP contribution is -2.41. The molecule has 1 aliphatic carbocycles. The van der Waals surface area contributed by atoms with Gasteiger partial charge in [-0.25, -0.2) is 9.78 Å². The number of carbonyl (C=O) groups excluding carboxylic acids is 2. The summed E-state index contributed by atoms with van der Waals surface area (Å²) in [5, 5.41) is 3.86. The van der Waals surface area contributed by atoms with Crippen molar-refractivity contribution in [3.8, 4) is 0 Å². The highest BCUT2D eigenvalue weighted by atomic mass is 32.1. The van der Waals surface area contributed by atoms with E-state index in [-0.39, 0.29) is 5.91 Å². The molecule has 1 aliphatic rings. The lowest BCUT2D eigenvalue weighted by atomic mass is 10.1. The summed E-state index contributed by atoms with van der Waals surface area (Å²) in [5.74, 6) is -0.155. The molecule has 0 saturated heterocycles. The Morgan fingerprint density at radius 1 is 1.42 bits per heavy atom. The molecule has 0 aromatic carbocycles. The van der Waals surface area contributed by atoms with Crippen molar-refractivity contribution >= 4 is 23.2 Å². The van der Waals surface area contributed by atoms with Gasteiger partial charge in [-0.05, 0) is 40.0 Å². The number of rotatable bonds is 7. The van der Waals surface area contributed by atoms with Gasteiger partial charge >= 0.3 is 5.97 Å². The van der Waals surface area contributed by atoms with Crippen LogP contribution in [-0.4, -0.2) is 29.5 Å². The third kappa shape index (κ3) is 4.66. The molecular weight excluding hydrogens is 324 g/mol. The Hall–Kier alpha value is -1.69. The highest BCUT2D eigenvalue weighted by Crippen LogP contribution is 2.37. The van der Waals surface area contributed by atoms with Crippen LogP contribution in [0.4, 0.5) is 0 Å². The Bertz CT molecular complexity index is 603. The first-order chi connectivity index (χ1) is 11.6. The fourth-order valence-electron chi connectivity index (χ4n) is 2.93. The zero-order valence-corrected chi connectivity index (χ0v) is 15.4. The number of esters is 1. The van der Waals surface area contributed by atoms with Crippen molar-refractivity contribution < 1.29 is 14.3 Å². The van der Waals surface area contributed by atoms with Gasteiger partial charge in [-0.2, -0.15) is 0 Å². The molecule has 1 saturated carbocycles. The number of aromatic nitrogens is 1. The Kier molecular flexibility index (Phi) is 6.97. The maximum absolute atomic E-state index is 12.6. The summed E-state index contributed by atoms with van der Waals surface area (Å²) < 4.78 is 5.05. The molecular formula is C18H26N2O3S. The van der Waals surface area contributed by atoms with Crippen molar-refractivity contribution in [3.05, 3.63) is 27.7 Å². The number of allylic oxidation sites excluding steroid dienone is 1. The van der Waals surface area contributed by atoms with E-state index in [4.69, 9.17) is 4.74 Å². The topological polar surface area (TPSA) is 68.3 Å². The number of carbonyl (C=O) groups is 2. The average molecular weight is 350 g/mol. The molecule has 1 heterocycles. The SMILES string of the molecule is CC=CCC(NC(=O)c1sc(C2CCCC2)nc1C)C(=O)OCC. The summed E-state index contributed by atoms with van der Waals surface area (Å²) in [6, 6.07) is -0.662. The standard InChI is InChI=1S/C18H26N2O3S/c1-4-6-11-14(18(22)23-5-2)20-16(21)15-12(3)19-17(24-15)13-9-7-8-10-13/h4,6,13-14H,5,7-11H2,1-3H3,(H,20,21). The third-order valence-electron chi connectivity index (χ3n) is 4.21. The Balaban J connectivity index is 2.09. The van der Waals surface area contributed by atoms with Gasteiger partial charge in [0.1, 0.15) is 10.9 Å². The lowest BCUT2D eigenvalue weighted by Gasteiger charge is -2.15. The van der Waals surface area contributed by atoms with Crippen LogP contribution in [0.15, 0.2) is 12.2 Å². The van der Waals surface area contributed by atoms with Gasteiger partial charge in [-0.15, -0.1) is 11.3 Å². The summed E-state index contributed by atoms with van der Waals surface area (Å²) in [6.07, 6.45) is 8.91. The maximum Gasteiger partial charge on any atom is 0.328 e. The van der Waals surface area contributed by atoms with Crippen LogP contribution < -0.4 is 5.32 Å². The first-order valence-electron chi connectivity index (χ1n) is 8.62. The fourth-order valence-corrected chi connectivity index (χ4v) is 4.07. The molecule has 0 radical (unpaired) electrons. The summed E-state index contributed by atoms with van der Waals surface area (Å²) >= 11 is 1.46. The number of amides is 1. The van der Waals surface area contributed by atoms with Crippen LogP contribution in [0.25, 0.3) is 0 Å². The zero-order valence-electron chi connectivity index (χ0n) is 14.6. The van der Waals surface area contributed by atoms with Crippen LogP contribution in [0.3, 0.4) is 0 Å². The molecule has 1 aromatic rings. The van der Waals surface area contributed by atoms with Crippen molar-refractivity contribution in [3.63, 3.8) is 0 Å². The Labute approximate surface area is 147 Å². The quantitative estimate of drug-likeness (QED) is 0.601. The average Bonchev–Trinajstić information content (AvgIpc) is 3.20. The van der Waals surface area contributed by atoms with Crippen LogP contribution in [0.5, 0.6) is 0 Å². The third-order valence-corrected chi connectivity index (χ3v) is 5.53. The molecule has 1 unspecified atom stereocenters. The monoisotopic (exact) mass is 350 g/mol. The summed E-state index contributed by atoms with van der Waals surface area (Å²) in [4.78, 5) is 29.8. The molecule has 1 atom stereocenters. The number of aryl methyl sites for hydroxylation is 1. The number of hydrogen-bond acceptors (Lipinski definition) is 5. The molecule has 0 bridgehead atoms. The molecule has 2 rings (SSSR count). The normalized spacial score (nSPS) is 16.5. The van der Waals surface area contributed by atoms with Gasteiger partial charge in [0, 0.05) is 5.92 Å². The molecule has 6 heteroatoms. The number of hydrogen-bond donors (Lipinski definition) is 1. The van der Waals surface area contributed by atoms with Gasteiger partial charge in [0.25, 0.3) is 5.91 Å². The Morgan fingerprint density at radius 2 is 2.12 bits per heavy atom. The predicted molar refractivity (Wildman–Crippen MR) is 95.4 cm³/mol. The summed E-state index contributed by atoms with van der Waals surface area (Å²) in [7, 11) is 0. The summed E-state index contributed by atoms with van der Waals surface area (Å²) in [6.45, 7) is 5.79. The molecule has 1 fully saturated rings. The van der Waals surface area contributed by atoms with Gasteiger partial charge < -0.3 is 10.1 Å². The minimum atomic E-state index is -0.662. The van der Waals surface area contributed by atoms with Crippen LogP contribution >= 0.6 is 11.3 Å². The van der Waals surface area contributed by atoms with E-state index < -0.39 is 12.0 Å². The van der Waals surface area contributed by atoms with Gasteiger partial charge in [-0.1, -0.05) is 25.0 Å². The lowest BCUT2D eigenvalue weighted by molar-refractivity contribution is -0.145. The number of nitrogens with zero attached hydrogens (tertiary/aromatic N) is 1. The number of nitrogens with one attached hydrogen (secondary N) is 1. The molecule has 0 spiro atoms. The van der Waals surface area contributed by atoms with Crippen LogP contribution in [0.2, 0.25) is 0 Å². The van der Waals surface area contributed by atoms with Gasteiger partial charge in [0.05, 0.1) is 17.3 Å². The van der Waals surface area contributed by atoms with Crippen LogP contribution in [-0.2, 0) is 9.53 Å². The molecule has 1 amide bonds. The van der Waals surface area contributed by atoms with Crippen LogP contribution in [0.1, 0.15) is 72.2 Å². The van der Waals surface area contributed by atoms with Gasteiger partial charge in [0.15, 0.2) is 0 Å². The minimum absolute atomic E-state index is 0.239. The summed E-state index contributed by atoms with van der Waals surface area (Å²) in [5.41, 5.74) is 0.744. The van der Waals surface area contributed by atoms with E-state index >= 15 is 0 Å². The molecule has 132 valence electrons. The molecule has 5 nitrogen and oxygen atoms in total. The minimum Gasteiger partial charge on any atom is -0.464 e. The van der Waals surface area contributed by atoms with Crippen molar-refractivity contribution in [2.45, 2.75) is 64.8 Å². The van der Waals surface area contributed by atoms with Crippen molar-refractivity contribution in [2.75, 3.05) is 6.61 Å². The molecule has 24 heavy (non-hydrogen) atoms. The molecule has 1 aromatic heterocycles. The van der Waals surface area contributed by atoms with E-state index in [0.29, 0.717) is 23.8 Å². The van der Waals surface area contributed by atoms with E-state index in [2.05, 4.69) is 10.3 Å². The van der Waals surface area contributed by atoms with Gasteiger partial charge in [-0.3, -0.25) is 4.79 Å². The first-order valence-corrected chi connectivity index (χ1v) is 9.44. The highest BCUT2D eigenvalue weighted by molar-refractivity contribution is 7.13. The second kappa shape index (κ2) is 8.97.